The molecule has 0 unspecified atom stereocenters. The van der Waals surface area contributed by atoms with Crippen LogP contribution in [-0.4, -0.2) is 17.2 Å². The molecule has 2 N–H and O–H groups in total. The molecular formula is C16H25NO. The molecule has 1 heterocycles. The number of hydrogen-bond donors (Lipinski definition) is 2. The van der Waals surface area contributed by atoms with Crippen molar-refractivity contribution in [3.63, 3.8) is 0 Å². The van der Waals surface area contributed by atoms with Gasteiger partial charge in [0.05, 0.1) is 0 Å². The molecule has 0 aliphatic heterocycles. The standard InChI is InChI=1S/C13H15N.C2H6.CH4O/c1-3-4-7-11-10(2)14-13-9-6-5-8-12(11)13;2*1-2/h4-9,14H,3H2,1-2H3;1-2H3;2H,1H3/b7-4-;;. The number of rotatable bonds is 2. The van der Waals surface area contributed by atoms with E-state index in [4.69, 9.17) is 5.11 Å². The van der Waals surface area contributed by atoms with Crippen LogP contribution in [0.5, 0.6) is 0 Å². The van der Waals surface area contributed by atoms with E-state index in [2.05, 4.69) is 55.2 Å². The van der Waals surface area contributed by atoms with Crippen molar-refractivity contribution in [1.82, 2.24) is 4.98 Å². The number of hydrogen-bond acceptors (Lipinski definition) is 1. The summed E-state index contributed by atoms with van der Waals surface area (Å²) in [6, 6.07) is 8.42. The fourth-order valence-electron chi connectivity index (χ4n) is 1.75. The fraction of sp³-hybridized carbons (Fsp3) is 0.375. The van der Waals surface area contributed by atoms with Crippen LogP contribution in [-0.2, 0) is 0 Å². The van der Waals surface area contributed by atoms with Crippen molar-refractivity contribution in [3.05, 3.63) is 41.6 Å². The van der Waals surface area contributed by atoms with E-state index < -0.39 is 0 Å². The van der Waals surface area contributed by atoms with Crippen molar-refractivity contribution in [2.75, 3.05) is 7.11 Å². The van der Waals surface area contributed by atoms with Gasteiger partial charge in [-0.25, -0.2) is 0 Å². The minimum atomic E-state index is 1.00. The molecule has 0 saturated heterocycles. The minimum absolute atomic E-state index is 1.00. The highest BCUT2D eigenvalue weighted by Crippen LogP contribution is 2.22. The van der Waals surface area contributed by atoms with Crippen LogP contribution in [0.15, 0.2) is 30.3 Å². The van der Waals surface area contributed by atoms with E-state index in [-0.39, 0.29) is 0 Å². The van der Waals surface area contributed by atoms with Crippen LogP contribution in [0.3, 0.4) is 0 Å². The Kier molecular flexibility index (Phi) is 8.67. The Morgan fingerprint density at radius 2 is 1.78 bits per heavy atom. The van der Waals surface area contributed by atoms with E-state index in [0.717, 1.165) is 13.5 Å². The summed E-state index contributed by atoms with van der Waals surface area (Å²) < 4.78 is 0. The van der Waals surface area contributed by atoms with Crippen LogP contribution in [0.25, 0.3) is 17.0 Å². The number of aromatic nitrogens is 1. The summed E-state index contributed by atoms with van der Waals surface area (Å²) in [7, 11) is 1.00. The molecule has 1 aromatic heterocycles. The maximum absolute atomic E-state index is 7.00. The molecule has 18 heavy (non-hydrogen) atoms. The zero-order valence-corrected chi connectivity index (χ0v) is 12.1. The van der Waals surface area contributed by atoms with Gasteiger partial charge in [0, 0.05) is 29.3 Å². The Balaban J connectivity index is 0.000000659. The van der Waals surface area contributed by atoms with Gasteiger partial charge < -0.3 is 10.1 Å². The van der Waals surface area contributed by atoms with Gasteiger partial charge in [-0.3, -0.25) is 0 Å². The Labute approximate surface area is 110 Å². The van der Waals surface area contributed by atoms with Crippen LogP contribution in [0, 0.1) is 6.92 Å². The summed E-state index contributed by atoms with van der Waals surface area (Å²) in [5.74, 6) is 0. The van der Waals surface area contributed by atoms with E-state index in [9.17, 15) is 0 Å². The van der Waals surface area contributed by atoms with E-state index >= 15 is 0 Å². The van der Waals surface area contributed by atoms with Crippen LogP contribution >= 0.6 is 0 Å². The maximum atomic E-state index is 7.00. The molecule has 0 saturated carbocycles. The Morgan fingerprint density at radius 1 is 1.17 bits per heavy atom. The molecule has 0 radical (unpaired) electrons. The number of benzene rings is 1. The van der Waals surface area contributed by atoms with E-state index in [1.54, 1.807) is 0 Å². The van der Waals surface area contributed by atoms with Gasteiger partial charge in [-0.05, 0) is 19.4 Å². The molecule has 100 valence electrons. The van der Waals surface area contributed by atoms with E-state index in [1.165, 1.54) is 22.2 Å². The maximum Gasteiger partial charge on any atom is 0.0462 e. The molecule has 0 amide bonds. The molecule has 0 fully saturated rings. The molecule has 0 bridgehead atoms. The van der Waals surface area contributed by atoms with Crippen LogP contribution < -0.4 is 0 Å². The molecular weight excluding hydrogens is 222 g/mol. The minimum Gasteiger partial charge on any atom is -0.400 e. The Morgan fingerprint density at radius 3 is 2.39 bits per heavy atom. The number of aryl methyl sites for hydroxylation is 1. The second-order valence-electron chi connectivity index (χ2n) is 3.52. The summed E-state index contributed by atoms with van der Waals surface area (Å²) in [4.78, 5) is 3.38. The van der Waals surface area contributed by atoms with Gasteiger partial charge in [0.25, 0.3) is 0 Å². The first-order chi connectivity index (χ1) is 8.83. The molecule has 0 aliphatic carbocycles. The predicted molar refractivity (Wildman–Crippen MR) is 81.9 cm³/mol. The van der Waals surface area contributed by atoms with Crippen LogP contribution in [0.1, 0.15) is 38.4 Å². The molecule has 0 spiro atoms. The smallest absolute Gasteiger partial charge is 0.0462 e. The zero-order chi connectivity index (χ0) is 14.0. The number of aliphatic hydroxyl groups excluding tert-OH is 1. The average molecular weight is 247 g/mol. The first-order valence-electron chi connectivity index (χ1n) is 6.51. The lowest BCUT2D eigenvalue weighted by atomic mass is 10.1. The SMILES string of the molecule is CC.CC/C=C\c1c(C)[nH]c2ccccc12.CO. The average Bonchev–Trinajstić information content (AvgIpc) is 2.76. The lowest BCUT2D eigenvalue weighted by molar-refractivity contribution is 0.399. The topological polar surface area (TPSA) is 36.0 Å². The molecule has 0 atom stereocenters. The quantitative estimate of drug-likeness (QED) is 0.803. The van der Waals surface area contributed by atoms with Gasteiger partial charge in [0.2, 0.25) is 0 Å². The summed E-state index contributed by atoms with van der Waals surface area (Å²) >= 11 is 0. The van der Waals surface area contributed by atoms with Crippen molar-refractivity contribution in [2.45, 2.75) is 34.1 Å². The third-order valence-electron chi connectivity index (χ3n) is 2.46. The molecule has 2 rings (SSSR count). The molecule has 2 aromatic rings. The van der Waals surface area contributed by atoms with Crippen LogP contribution in [0.4, 0.5) is 0 Å². The normalized spacial score (nSPS) is 9.67. The molecule has 2 nitrogen and oxygen atoms in total. The van der Waals surface area contributed by atoms with Gasteiger partial charge in [-0.15, -0.1) is 0 Å². The highest BCUT2D eigenvalue weighted by molar-refractivity contribution is 5.90. The first kappa shape index (κ1) is 16.5. The number of allylic oxidation sites excluding steroid dienone is 1. The largest absolute Gasteiger partial charge is 0.400 e. The summed E-state index contributed by atoms with van der Waals surface area (Å²) in [5, 5.41) is 8.31. The highest BCUT2D eigenvalue weighted by atomic mass is 16.2. The third kappa shape index (κ3) is 4.04. The number of fused-ring (bicyclic) bond motifs is 1. The number of aliphatic hydroxyl groups is 1. The number of nitrogens with one attached hydrogen (secondary N) is 1. The lowest BCUT2D eigenvalue weighted by Gasteiger charge is -1.91. The van der Waals surface area contributed by atoms with Gasteiger partial charge in [-0.2, -0.15) is 0 Å². The van der Waals surface area contributed by atoms with Crippen LogP contribution in [0.2, 0.25) is 0 Å². The second kappa shape index (κ2) is 9.49. The zero-order valence-electron chi connectivity index (χ0n) is 12.1. The summed E-state index contributed by atoms with van der Waals surface area (Å²) in [6.07, 6.45) is 5.48. The van der Waals surface area contributed by atoms with Gasteiger partial charge in [-0.1, -0.05) is 51.1 Å². The van der Waals surface area contributed by atoms with Crippen molar-refractivity contribution in [3.8, 4) is 0 Å². The third-order valence-corrected chi connectivity index (χ3v) is 2.46. The lowest BCUT2D eigenvalue weighted by Crippen LogP contribution is -1.73. The van der Waals surface area contributed by atoms with Crippen molar-refractivity contribution in [1.29, 1.82) is 0 Å². The molecule has 1 aromatic carbocycles. The Hall–Kier alpha value is -1.54. The Bertz CT molecular complexity index is 469. The van der Waals surface area contributed by atoms with E-state index in [0.29, 0.717) is 0 Å². The second-order valence-corrected chi connectivity index (χ2v) is 3.52. The summed E-state index contributed by atoms with van der Waals surface area (Å²) in [6.45, 7) is 8.27. The van der Waals surface area contributed by atoms with Gasteiger partial charge >= 0.3 is 0 Å². The van der Waals surface area contributed by atoms with E-state index in [1.807, 2.05) is 13.8 Å². The number of para-hydroxylation sites is 1. The van der Waals surface area contributed by atoms with Gasteiger partial charge in [0.15, 0.2) is 0 Å². The fourth-order valence-corrected chi connectivity index (χ4v) is 1.75. The van der Waals surface area contributed by atoms with Crippen molar-refractivity contribution in [2.24, 2.45) is 0 Å². The van der Waals surface area contributed by atoms with Crippen molar-refractivity contribution >= 4 is 17.0 Å². The molecule has 0 aliphatic rings. The number of aromatic amines is 1. The molecule has 2 heteroatoms. The predicted octanol–water partition coefficient (Wildman–Crippen LogP) is 4.53. The van der Waals surface area contributed by atoms with Gasteiger partial charge in [0.1, 0.15) is 0 Å². The summed E-state index contributed by atoms with van der Waals surface area (Å²) in [5.41, 5.74) is 3.79. The first-order valence-corrected chi connectivity index (χ1v) is 6.51. The monoisotopic (exact) mass is 247 g/mol. The van der Waals surface area contributed by atoms with Crippen molar-refractivity contribution < 1.29 is 5.11 Å². The number of H-pyrrole nitrogens is 1. The highest BCUT2D eigenvalue weighted by Gasteiger charge is 2.03.